The second-order valence-electron chi connectivity index (χ2n) is 6.00. The number of hydrogen-bond donors (Lipinski definition) is 0. The third-order valence-corrected chi connectivity index (χ3v) is 3.88. The van der Waals surface area contributed by atoms with Crippen LogP contribution in [0.4, 0.5) is 5.69 Å². The number of allylic oxidation sites excluding steroid dienone is 1. The fourth-order valence-corrected chi connectivity index (χ4v) is 2.29. The van der Waals surface area contributed by atoms with Crippen LogP contribution in [0.5, 0.6) is 0 Å². The van der Waals surface area contributed by atoms with Crippen LogP contribution in [0.2, 0.25) is 0 Å². The van der Waals surface area contributed by atoms with Crippen LogP contribution in [0.15, 0.2) is 35.3 Å². The summed E-state index contributed by atoms with van der Waals surface area (Å²) >= 11 is 0. The SMILES string of the molecule is C=C(C)C(C)(C)c1ccc(/N=C(\C)CCC)cc1C. The number of aryl methyl sites for hydroxylation is 1. The Hall–Kier alpha value is -1.37. The molecular weight excluding hydrogens is 230 g/mol. The third kappa shape index (κ3) is 3.79. The number of rotatable bonds is 5. The molecule has 0 radical (unpaired) electrons. The first-order valence-corrected chi connectivity index (χ1v) is 7.10. The topological polar surface area (TPSA) is 12.4 Å². The van der Waals surface area contributed by atoms with Crippen LogP contribution in [0.25, 0.3) is 0 Å². The fourth-order valence-electron chi connectivity index (χ4n) is 2.29. The van der Waals surface area contributed by atoms with Gasteiger partial charge in [0.05, 0.1) is 5.69 Å². The van der Waals surface area contributed by atoms with Crippen molar-refractivity contribution in [3.05, 3.63) is 41.5 Å². The van der Waals surface area contributed by atoms with Crippen LogP contribution in [0.1, 0.15) is 58.6 Å². The molecule has 0 unspecified atom stereocenters. The lowest BCUT2D eigenvalue weighted by molar-refractivity contribution is 0.622. The zero-order valence-corrected chi connectivity index (χ0v) is 13.3. The maximum absolute atomic E-state index is 4.67. The molecule has 0 saturated carbocycles. The molecule has 0 aliphatic carbocycles. The maximum Gasteiger partial charge on any atom is 0.0631 e. The van der Waals surface area contributed by atoms with E-state index in [1.165, 1.54) is 22.4 Å². The second kappa shape index (κ2) is 6.18. The van der Waals surface area contributed by atoms with Gasteiger partial charge in [-0.25, -0.2) is 0 Å². The van der Waals surface area contributed by atoms with Crippen molar-refractivity contribution in [2.24, 2.45) is 4.99 Å². The smallest absolute Gasteiger partial charge is 0.0631 e. The molecule has 0 aromatic heterocycles. The van der Waals surface area contributed by atoms with Crippen molar-refractivity contribution in [3.8, 4) is 0 Å². The summed E-state index contributed by atoms with van der Waals surface area (Å²) < 4.78 is 0. The van der Waals surface area contributed by atoms with E-state index in [0.717, 1.165) is 18.5 Å². The highest BCUT2D eigenvalue weighted by atomic mass is 14.7. The van der Waals surface area contributed by atoms with E-state index in [9.17, 15) is 0 Å². The van der Waals surface area contributed by atoms with Crippen molar-refractivity contribution in [3.63, 3.8) is 0 Å². The molecule has 0 saturated heterocycles. The predicted octanol–water partition coefficient (Wildman–Crippen LogP) is 5.74. The van der Waals surface area contributed by atoms with Crippen molar-refractivity contribution >= 4 is 11.4 Å². The Kier molecular flexibility index (Phi) is 5.11. The molecule has 0 N–H and O–H groups in total. The van der Waals surface area contributed by atoms with Crippen molar-refractivity contribution < 1.29 is 0 Å². The Morgan fingerprint density at radius 3 is 2.37 bits per heavy atom. The Bertz CT molecular complexity index is 492. The van der Waals surface area contributed by atoms with Crippen LogP contribution < -0.4 is 0 Å². The molecule has 1 rings (SSSR count). The molecule has 0 atom stereocenters. The lowest BCUT2D eigenvalue weighted by Crippen LogP contribution is -2.19. The maximum atomic E-state index is 4.67. The number of hydrogen-bond acceptors (Lipinski definition) is 1. The summed E-state index contributed by atoms with van der Waals surface area (Å²) in [6.45, 7) is 17.1. The summed E-state index contributed by atoms with van der Waals surface area (Å²) in [6, 6.07) is 6.49. The Morgan fingerprint density at radius 1 is 1.26 bits per heavy atom. The highest BCUT2D eigenvalue weighted by Crippen LogP contribution is 2.34. The van der Waals surface area contributed by atoms with Gasteiger partial charge in [-0.1, -0.05) is 45.4 Å². The third-order valence-electron chi connectivity index (χ3n) is 3.88. The molecule has 1 aromatic carbocycles. The largest absolute Gasteiger partial charge is 0.258 e. The van der Waals surface area contributed by atoms with Gasteiger partial charge in [0.2, 0.25) is 0 Å². The average Bonchev–Trinajstić information content (AvgIpc) is 2.28. The molecule has 0 spiro atoms. The van der Waals surface area contributed by atoms with Gasteiger partial charge in [-0.2, -0.15) is 0 Å². The first-order chi connectivity index (χ1) is 8.78. The minimum atomic E-state index is 0.0186. The van der Waals surface area contributed by atoms with E-state index < -0.39 is 0 Å². The molecule has 1 aromatic rings. The van der Waals surface area contributed by atoms with Gasteiger partial charge in [0.25, 0.3) is 0 Å². The molecule has 19 heavy (non-hydrogen) atoms. The minimum Gasteiger partial charge on any atom is -0.258 e. The van der Waals surface area contributed by atoms with Gasteiger partial charge in [0.1, 0.15) is 0 Å². The molecule has 0 amide bonds. The highest BCUT2D eigenvalue weighted by molar-refractivity contribution is 5.84. The van der Waals surface area contributed by atoms with Crippen LogP contribution in [-0.2, 0) is 5.41 Å². The zero-order chi connectivity index (χ0) is 14.6. The Balaban J connectivity index is 3.12. The van der Waals surface area contributed by atoms with Gasteiger partial charge in [0.15, 0.2) is 0 Å². The molecule has 1 nitrogen and oxygen atoms in total. The van der Waals surface area contributed by atoms with Gasteiger partial charge in [0, 0.05) is 11.1 Å². The van der Waals surface area contributed by atoms with Gasteiger partial charge < -0.3 is 0 Å². The van der Waals surface area contributed by atoms with Gasteiger partial charge in [-0.3, -0.25) is 4.99 Å². The van der Waals surface area contributed by atoms with Crippen LogP contribution in [0, 0.1) is 6.92 Å². The molecule has 0 heterocycles. The van der Waals surface area contributed by atoms with E-state index in [4.69, 9.17) is 0 Å². The summed E-state index contributed by atoms with van der Waals surface area (Å²) in [6.07, 6.45) is 2.22. The molecule has 0 bridgehead atoms. The second-order valence-corrected chi connectivity index (χ2v) is 6.00. The van der Waals surface area contributed by atoms with E-state index in [0.29, 0.717) is 0 Å². The molecule has 0 aliphatic heterocycles. The van der Waals surface area contributed by atoms with E-state index in [2.05, 4.69) is 71.3 Å². The number of benzene rings is 1. The van der Waals surface area contributed by atoms with Crippen molar-refractivity contribution in [1.82, 2.24) is 0 Å². The van der Waals surface area contributed by atoms with Gasteiger partial charge in [-0.05, 0) is 50.5 Å². The molecule has 0 fully saturated rings. The normalized spacial score (nSPS) is 12.6. The van der Waals surface area contributed by atoms with Crippen LogP contribution >= 0.6 is 0 Å². The Morgan fingerprint density at radius 2 is 1.89 bits per heavy atom. The summed E-state index contributed by atoms with van der Waals surface area (Å²) in [5, 5.41) is 0. The Labute approximate surface area is 118 Å². The van der Waals surface area contributed by atoms with Gasteiger partial charge in [-0.15, -0.1) is 0 Å². The quantitative estimate of drug-likeness (QED) is 0.471. The van der Waals surface area contributed by atoms with E-state index in [1.54, 1.807) is 0 Å². The lowest BCUT2D eigenvalue weighted by atomic mass is 9.77. The summed E-state index contributed by atoms with van der Waals surface area (Å²) in [5.41, 5.74) is 6.10. The van der Waals surface area contributed by atoms with E-state index in [1.807, 2.05) is 0 Å². The average molecular weight is 257 g/mol. The molecular formula is C18H27N. The summed E-state index contributed by atoms with van der Waals surface area (Å²) in [4.78, 5) is 4.67. The minimum absolute atomic E-state index is 0.0186. The van der Waals surface area contributed by atoms with Gasteiger partial charge >= 0.3 is 0 Å². The van der Waals surface area contributed by atoms with E-state index in [-0.39, 0.29) is 5.41 Å². The standard InChI is InChI=1S/C18H27N/c1-8-9-15(5)19-16-10-11-17(14(4)12-16)18(6,7)13(2)3/h10-12H,2,8-9H2,1,3-7H3/b19-15+. The first kappa shape index (κ1) is 15.7. The lowest BCUT2D eigenvalue weighted by Gasteiger charge is -2.27. The monoisotopic (exact) mass is 257 g/mol. The summed E-state index contributed by atoms with van der Waals surface area (Å²) in [5.74, 6) is 0. The van der Waals surface area contributed by atoms with E-state index >= 15 is 0 Å². The highest BCUT2D eigenvalue weighted by Gasteiger charge is 2.23. The first-order valence-electron chi connectivity index (χ1n) is 7.10. The molecule has 104 valence electrons. The predicted molar refractivity (Wildman–Crippen MR) is 86.7 cm³/mol. The van der Waals surface area contributed by atoms with Crippen molar-refractivity contribution in [2.75, 3.05) is 0 Å². The number of nitrogens with zero attached hydrogens (tertiary/aromatic N) is 1. The fraction of sp³-hybridized carbons (Fsp3) is 0.500. The summed E-state index contributed by atoms with van der Waals surface area (Å²) in [7, 11) is 0. The van der Waals surface area contributed by atoms with Crippen LogP contribution in [0.3, 0.4) is 0 Å². The molecule has 0 aliphatic rings. The van der Waals surface area contributed by atoms with Crippen LogP contribution in [-0.4, -0.2) is 5.71 Å². The van der Waals surface area contributed by atoms with Crippen molar-refractivity contribution in [2.45, 2.75) is 59.8 Å². The van der Waals surface area contributed by atoms with Crippen molar-refractivity contribution in [1.29, 1.82) is 0 Å². The molecule has 1 heteroatoms. The zero-order valence-electron chi connectivity index (χ0n) is 13.3. The number of aliphatic imine (C=N–C) groups is 1.